The minimum Gasteiger partial charge on any atom is -0.454 e. The molecule has 0 bridgehead atoms. The number of halogens is 1. The van der Waals surface area contributed by atoms with Crippen LogP contribution in [0, 0.1) is 5.92 Å². The molecule has 2 amide bonds. The minimum atomic E-state index is -0.297. The number of rotatable bonds is 6. The largest absolute Gasteiger partial charge is 0.454 e. The first-order valence-electron chi connectivity index (χ1n) is 12.6. The third-order valence-corrected chi connectivity index (χ3v) is 7.58. The van der Waals surface area contributed by atoms with E-state index in [2.05, 4.69) is 15.5 Å². The summed E-state index contributed by atoms with van der Waals surface area (Å²) in [5.41, 5.74) is 1.73. The van der Waals surface area contributed by atoms with Crippen molar-refractivity contribution in [3.05, 3.63) is 52.5 Å². The van der Waals surface area contributed by atoms with Gasteiger partial charge in [0.2, 0.25) is 12.7 Å². The Morgan fingerprint density at radius 3 is 2.51 bits per heavy atom. The van der Waals surface area contributed by atoms with E-state index in [4.69, 9.17) is 21.1 Å². The summed E-state index contributed by atoms with van der Waals surface area (Å²) in [5.74, 6) is 1.02. The van der Waals surface area contributed by atoms with Gasteiger partial charge in [-0.2, -0.15) is 0 Å². The minimum absolute atomic E-state index is 0.0192. The van der Waals surface area contributed by atoms with Crippen LogP contribution in [0.15, 0.2) is 36.4 Å². The molecular formula is C27H32ClN3O4. The molecule has 2 aromatic carbocycles. The summed E-state index contributed by atoms with van der Waals surface area (Å²) in [6, 6.07) is 11.2. The third kappa shape index (κ3) is 5.73. The summed E-state index contributed by atoms with van der Waals surface area (Å²) >= 11 is 6.19. The van der Waals surface area contributed by atoms with Gasteiger partial charge in [-0.25, -0.2) is 0 Å². The highest BCUT2D eigenvalue weighted by molar-refractivity contribution is 6.31. The quantitative estimate of drug-likeness (QED) is 0.588. The third-order valence-electron chi connectivity index (χ3n) is 7.35. The van der Waals surface area contributed by atoms with Gasteiger partial charge >= 0.3 is 0 Å². The number of nitrogens with zero attached hydrogens (tertiary/aromatic N) is 1. The van der Waals surface area contributed by atoms with Crippen molar-refractivity contribution in [2.45, 2.75) is 57.5 Å². The normalized spacial score (nSPS) is 22.0. The highest BCUT2D eigenvalue weighted by Crippen LogP contribution is 2.33. The lowest BCUT2D eigenvalue weighted by molar-refractivity contribution is -0.121. The molecule has 1 saturated carbocycles. The summed E-state index contributed by atoms with van der Waals surface area (Å²) in [4.78, 5) is 28.7. The van der Waals surface area contributed by atoms with Gasteiger partial charge in [0.1, 0.15) is 0 Å². The van der Waals surface area contributed by atoms with Crippen LogP contribution in [0.5, 0.6) is 11.5 Å². The zero-order valence-corrected chi connectivity index (χ0v) is 20.6. The van der Waals surface area contributed by atoms with Crippen molar-refractivity contribution in [3.8, 4) is 11.5 Å². The predicted molar refractivity (Wildman–Crippen MR) is 135 cm³/mol. The van der Waals surface area contributed by atoms with Crippen molar-refractivity contribution in [2.24, 2.45) is 5.92 Å². The fourth-order valence-electron chi connectivity index (χ4n) is 5.36. The molecule has 2 heterocycles. The molecule has 2 aliphatic heterocycles. The van der Waals surface area contributed by atoms with Gasteiger partial charge < -0.3 is 25.0 Å². The summed E-state index contributed by atoms with van der Waals surface area (Å²) < 4.78 is 10.7. The maximum Gasteiger partial charge on any atom is 0.253 e. The molecule has 0 aromatic heterocycles. The van der Waals surface area contributed by atoms with Crippen molar-refractivity contribution < 1.29 is 19.1 Å². The number of benzene rings is 2. The molecule has 1 saturated heterocycles. The summed E-state index contributed by atoms with van der Waals surface area (Å²) in [6.07, 6.45) is 7.79. The van der Waals surface area contributed by atoms with Crippen LogP contribution < -0.4 is 20.1 Å². The highest BCUT2D eigenvalue weighted by Gasteiger charge is 2.30. The molecule has 8 heteroatoms. The standard InChI is InChI=1S/C27H32ClN3O4/c28-20-7-10-23(30-26(32)19-5-8-21(9-6-19)31-12-2-1-3-13-31)22(15-20)27(33)29-16-18-4-11-24-25(14-18)35-17-34-24/h4,7,10-11,14-15,19,21H,1-3,5-6,8-9,12-13,16-17H2,(H,29,33)(H,30,32)/t19-,21-. The molecular weight excluding hydrogens is 466 g/mol. The second kappa shape index (κ2) is 10.9. The average molecular weight is 498 g/mol. The fourth-order valence-corrected chi connectivity index (χ4v) is 5.54. The summed E-state index contributed by atoms with van der Waals surface area (Å²) in [6.45, 7) is 2.90. The molecule has 35 heavy (non-hydrogen) atoms. The molecule has 5 rings (SSSR count). The van der Waals surface area contributed by atoms with Crippen LogP contribution >= 0.6 is 11.6 Å². The van der Waals surface area contributed by atoms with Gasteiger partial charge in [-0.05, 0) is 87.5 Å². The zero-order chi connectivity index (χ0) is 24.2. The molecule has 0 unspecified atom stereocenters. The average Bonchev–Trinajstić information content (AvgIpc) is 3.37. The monoisotopic (exact) mass is 497 g/mol. The van der Waals surface area contributed by atoms with Crippen LogP contribution in [-0.4, -0.2) is 42.6 Å². The van der Waals surface area contributed by atoms with Crippen LogP contribution in [0.3, 0.4) is 0 Å². The van der Waals surface area contributed by atoms with Gasteiger partial charge in [-0.3, -0.25) is 9.59 Å². The number of hydrogen-bond acceptors (Lipinski definition) is 5. The fraction of sp³-hybridized carbons (Fsp3) is 0.481. The SMILES string of the molecule is O=C(NCc1ccc2c(c1)OCO2)c1cc(Cl)ccc1NC(=O)[C@H]1CC[C@H](N2CCCCC2)CC1. The molecule has 2 N–H and O–H groups in total. The van der Waals surface area contributed by atoms with Crippen LogP contribution in [0.4, 0.5) is 5.69 Å². The number of carbonyl (C=O) groups excluding carboxylic acids is 2. The van der Waals surface area contributed by atoms with Gasteiger partial charge in [0, 0.05) is 23.5 Å². The number of likely N-dealkylation sites (tertiary alicyclic amines) is 1. The smallest absolute Gasteiger partial charge is 0.253 e. The Morgan fingerprint density at radius 1 is 0.943 bits per heavy atom. The number of fused-ring (bicyclic) bond motifs is 1. The molecule has 2 aromatic rings. The van der Waals surface area contributed by atoms with E-state index in [1.807, 2.05) is 18.2 Å². The number of carbonyl (C=O) groups is 2. The van der Waals surface area contributed by atoms with Crippen molar-refractivity contribution in [3.63, 3.8) is 0 Å². The van der Waals surface area contributed by atoms with E-state index < -0.39 is 0 Å². The first-order chi connectivity index (χ1) is 17.1. The van der Waals surface area contributed by atoms with E-state index in [1.165, 1.54) is 32.4 Å². The molecule has 0 radical (unpaired) electrons. The maximum absolute atomic E-state index is 13.1. The van der Waals surface area contributed by atoms with E-state index in [-0.39, 0.29) is 24.5 Å². The van der Waals surface area contributed by atoms with Crippen LogP contribution in [0.2, 0.25) is 5.02 Å². The lowest BCUT2D eigenvalue weighted by Gasteiger charge is -2.38. The number of nitrogens with one attached hydrogen (secondary N) is 2. The number of ether oxygens (including phenoxy) is 2. The molecule has 7 nitrogen and oxygen atoms in total. The summed E-state index contributed by atoms with van der Waals surface area (Å²) in [5, 5.41) is 6.37. The van der Waals surface area contributed by atoms with E-state index >= 15 is 0 Å². The number of anilines is 1. The van der Waals surface area contributed by atoms with Crippen molar-refractivity contribution in [1.82, 2.24) is 10.2 Å². The molecule has 186 valence electrons. The van der Waals surface area contributed by atoms with Crippen molar-refractivity contribution in [1.29, 1.82) is 0 Å². The molecule has 0 spiro atoms. The topological polar surface area (TPSA) is 79.9 Å². The van der Waals surface area contributed by atoms with Gasteiger partial charge in [0.05, 0.1) is 11.3 Å². The second-order valence-corrected chi connectivity index (χ2v) is 10.1. The van der Waals surface area contributed by atoms with Gasteiger partial charge in [0.15, 0.2) is 11.5 Å². The Hall–Kier alpha value is -2.77. The maximum atomic E-state index is 13.1. The lowest BCUT2D eigenvalue weighted by atomic mass is 9.84. The Kier molecular flexibility index (Phi) is 7.44. The zero-order valence-electron chi connectivity index (χ0n) is 19.9. The lowest BCUT2D eigenvalue weighted by Crippen LogP contribution is -2.42. The Labute approximate surface area is 211 Å². The highest BCUT2D eigenvalue weighted by atomic mass is 35.5. The molecule has 1 aliphatic carbocycles. The second-order valence-electron chi connectivity index (χ2n) is 9.65. The summed E-state index contributed by atoms with van der Waals surface area (Å²) in [7, 11) is 0. The molecule has 0 atom stereocenters. The van der Waals surface area contributed by atoms with Crippen LogP contribution in [0.1, 0.15) is 60.9 Å². The van der Waals surface area contributed by atoms with E-state index in [9.17, 15) is 9.59 Å². The van der Waals surface area contributed by atoms with Crippen molar-refractivity contribution >= 4 is 29.1 Å². The predicted octanol–water partition coefficient (Wildman–Crippen LogP) is 4.98. The van der Waals surface area contributed by atoms with E-state index in [0.29, 0.717) is 40.4 Å². The number of amides is 2. The van der Waals surface area contributed by atoms with Gasteiger partial charge in [-0.1, -0.05) is 24.1 Å². The first-order valence-corrected chi connectivity index (χ1v) is 13.0. The van der Waals surface area contributed by atoms with Gasteiger partial charge in [0.25, 0.3) is 5.91 Å². The van der Waals surface area contributed by atoms with Crippen molar-refractivity contribution in [2.75, 3.05) is 25.2 Å². The Bertz CT molecular complexity index is 1080. The number of piperidine rings is 1. The van der Waals surface area contributed by atoms with Crippen LogP contribution in [-0.2, 0) is 11.3 Å². The first kappa shape index (κ1) is 23.9. The Morgan fingerprint density at radius 2 is 1.71 bits per heavy atom. The Balaban J connectivity index is 1.19. The van der Waals surface area contributed by atoms with E-state index in [1.54, 1.807) is 18.2 Å². The molecule has 2 fully saturated rings. The van der Waals surface area contributed by atoms with Crippen LogP contribution in [0.25, 0.3) is 0 Å². The molecule has 3 aliphatic rings. The number of hydrogen-bond donors (Lipinski definition) is 2. The van der Waals surface area contributed by atoms with Gasteiger partial charge in [-0.15, -0.1) is 0 Å². The van der Waals surface area contributed by atoms with E-state index in [0.717, 1.165) is 31.2 Å².